The molecule has 8 heteroatoms. The first-order valence-electron chi connectivity index (χ1n) is 12.2. The van der Waals surface area contributed by atoms with E-state index in [0.29, 0.717) is 19.1 Å². The molecule has 33 heavy (non-hydrogen) atoms. The number of aliphatic imine (C=N–C) groups is 1. The molecule has 2 aliphatic heterocycles. The van der Waals surface area contributed by atoms with Crippen molar-refractivity contribution in [3.05, 3.63) is 35.5 Å². The van der Waals surface area contributed by atoms with E-state index >= 15 is 0 Å². The number of para-hydroxylation sites is 1. The van der Waals surface area contributed by atoms with E-state index in [-0.39, 0.29) is 29.9 Å². The number of piperidine rings is 1. The molecule has 1 aromatic carbocycles. The van der Waals surface area contributed by atoms with E-state index in [1.54, 1.807) is 0 Å². The Balaban J connectivity index is 0.00000306. The van der Waals surface area contributed by atoms with Crippen LogP contribution >= 0.6 is 24.0 Å². The molecular formula is C25H38IN5O2. The van der Waals surface area contributed by atoms with E-state index in [1.807, 2.05) is 4.90 Å². The minimum Gasteiger partial charge on any atom is -0.378 e. The van der Waals surface area contributed by atoms with Gasteiger partial charge in [0, 0.05) is 62.3 Å². The number of benzene rings is 1. The van der Waals surface area contributed by atoms with Crippen molar-refractivity contribution in [1.29, 1.82) is 0 Å². The van der Waals surface area contributed by atoms with Crippen LogP contribution in [0.2, 0.25) is 0 Å². The molecule has 0 atom stereocenters. The largest absolute Gasteiger partial charge is 0.378 e. The Kier molecular flexibility index (Phi) is 9.85. The van der Waals surface area contributed by atoms with Gasteiger partial charge in [0.1, 0.15) is 0 Å². The highest BCUT2D eigenvalue weighted by molar-refractivity contribution is 14.0. The van der Waals surface area contributed by atoms with Crippen molar-refractivity contribution in [2.45, 2.75) is 39.5 Å². The lowest BCUT2D eigenvalue weighted by molar-refractivity contribution is -0.140. The highest BCUT2D eigenvalue weighted by Gasteiger charge is 2.30. The van der Waals surface area contributed by atoms with Crippen molar-refractivity contribution in [3.63, 3.8) is 0 Å². The molecule has 0 saturated carbocycles. The Morgan fingerprint density at radius 2 is 1.88 bits per heavy atom. The monoisotopic (exact) mass is 567 g/mol. The molecule has 1 amide bonds. The van der Waals surface area contributed by atoms with E-state index in [4.69, 9.17) is 9.73 Å². The third-order valence-corrected chi connectivity index (χ3v) is 6.71. The van der Waals surface area contributed by atoms with Crippen molar-refractivity contribution < 1.29 is 9.53 Å². The van der Waals surface area contributed by atoms with Gasteiger partial charge in [0.2, 0.25) is 5.91 Å². The van der Waals surface area contributed by atoms with Gasteiger partial charge in [-0.05, 0) is 43.7 Å². The second-order valence-electron chi connectivity index (χ2n) is 8.69. The minimum atomic E-state index is 0. The number of aromatic nitrogens is 1. The lowest BCUT2D eigenvalue weighted by Crippen LogP contribution is -2.50. The van der Waals surface area contributed by atoms with Gasteiger partial charge >= 0.3 is 0 Å². The molecule has 4 rings (SSSR count). The average molecular weight is 568 g/mol. The number of ether oxygens (including phenoxy) is 1. The van der Waals surface area contributed by atoms with Gasteiger partial charge in [0.05, 0.1) is 13.2 Å². The number of hydrogen-bond donors (Lipinski definition) is 2. The number of rotatable bonds is 6. The predicted octanol–water partition coefficient (Wildman–Crippen LogP) is 3.43. The number of fused-ring (bicyclic) bond motifs is 1. The van der Waals surface area contributed by atoms with E-state index < -0.39 is 0 Å². The summed E-state index contributed by atoms with van der Waals surface area (Å²) in [6, 6.07) is 6.54. The summed E-state index contributed by atoms with van der Waals surface area (Å²) in [5, 5.41) is 4.76. The molecule has 2 aromatic rings. The molecule has 0 radical (unpaired) electrons. The molecule has 182 valence electrons. The van der Waals surface area contributed by atoms with E-state index in [2.05, 4.69) is 53.4 Å². The third-order valence-electron chi connectivity index (χ3n) is 6.71. The Morgan fingerprint density at radius 1 is 1.12 bits per heavy atom. The lowest BCUT2D eigenvalue weighted by Gasteiger charge is -2.36. The summed E-state index contributed by atoms with van der Waals surface area (Å²) in [5.41, 5.74) is 3.94. The van der Waals surface area contributed by atoms with Crippen molar-refractivity contribution in [2.75, 3.05) is 52.5 Å². The number of nitrogens with one attached hydrogen (secondary N) is 2. The second-order valence-corrected chi connectivity index (χ2v) is 8.69. The van der Waals surface area contributed by atoms with Crippen LogP contribution in [0.15, 0.2) is 29.4 Å². The summed E-state index contributed by atoms with van der Waals surface area (Å²) < 4.78 is 5.38. The number of aromatic amines is 1. The Morgan fingerprint density at radius 3 is 2.58 bits per heavy atom. The van der Waals surface area contributed by atoms with Crippen LogP contribution in [0, 0.1) is 5.92 Å². The summed E-state index contributed by atoms with van der Waals surface area (Å²) in [6.45, 7) is 10.4. The van der Waals surface area contributed by atoms with E-state index in [9.17, 15) is 4.79 Å². The topological polar surface area (TPSA) is 73.0 Å². The molecule has 2 aliphatic rings. The zero-order valence-corrected chi connectivity index (χ0v) is 22.3. The molecule has 0 aliphatic carbocycles. The van der Waals surface area contributed by atoms with Gasteiger partial charge in [-0.1, -0.05) is 25.1 Å². The average Bonchev–Trinajstić information content (AvgIpc) is 3.27. The highest BCUT2D eigenvalue weighted by Crippen LogP contribution is 2.23. The Labute approximate surface area is 214 Å². The lowest BCUT2D eigenvalue weighted by atomic mass is 9.95. The molecule has 2 N–H and O–H groups in total. The Bertz CT molecular complexity index is 930. The van der Waals surface area contributed by atoms with Crippen molar-refractivity contribution in [1.82, 2.24) is 20.1 Å². The molecule has 2 saturated heterocycles. The van der Waals surface area contributed by atoms with Crippen molar-refractivity contribution >= 4 is 46.7 Å². The van der Waals surface area contributed by atoms with Gasteiger partial charge in [-0.2, -0.15) is 0 Å². The quantitative estimate of drug-likeness (QED) is 0.319. The van der Waals surface area contributed by atoms with Gasteiger partial charge in [0.25, 0.3) is 0 Å². The summed E-state index contributed by atoms with van der Waals surface area (Å²) in [4.78, 5) is 25.5. The van der Waals surface area contributed by atoms with Crippen LogP contribution in [0.3, 0.4) is 0 Å². The fourth-order valence-electron chi connectivity index (χ4n) is 4.86. The van der Waals surface area contributed by atoms with Crippen LogP contribution in [0.5, 0.6) is 0 Å². The smallest absolute Gasteiger partial charge is 0.225 e. The number of halogens is 1. The summed E-state index contributed by atoms with van der Waals surface area (Å²) in [6.07, 6.45) is 5.86. The summed E-state index contributed by atoms with van der Waals surface area (Å²) in [7, 11) is 0. The maximum Gasteiger partial charge on any atom is 0.225 e. The fraction of sp³-hybridized carbons (Fsp3) is 0.600. The number of carbonyl (C=O) groups excluding carboxylic acids is 1. The Hall–Kier alpha value is -1.81. The van der Waals surface area contributed by atoms with Crippen molar-refractivity contribution in [3.8, 4) is 0 Å². The van der Waals surface area contributed by atoms with E-state index in [0.717, 1.165) is 70.9 Å². The van der Waals surface area contributed by atoms with Crippen LogP contribution in [0.25, 0.3) is 10.9 Å². The molecule has 0 bridgehead atoms. The number of nitrogens with zero attached hydrogens (tertiary/aromatic N) is 3. The van der Waals surface area contributed by atoms with Crippen LogP contribution in [-0.4, -0.2) is 79.1 Å². The zero-order chi connectivity index (χ0) is 22.3. The summed E-state index contributed by atoms with van der Waals surface area (Å²) >= 11 is 0. The zero-order valence-electron chi connectivity index (χ0n) is 19.9. The maximum absolute atomic E-state index is 12.8. The number of H-pyrrole nitrogens is 1. The number of aryl methyl sites for hydroxylation is 1. The van der Waals surface area contributed by atoms with Gasteiger partial charge < -0.3 is 24.8 Å². The molecular weight excluding hydrogens is 529 g/mol. The first kappa shape index (κ1) is 25.8. The number of likely N-dealkylation sites (tertiary alicyclic amines) is 1. The van der Waals surface area contributed by atoms with E-state index in [1.165, 1.54) is 22.0 Å². The minimum absolute atomic E-state index is 0. The molecule has 7 nitrogen and oxygen atoms in total. The van der Waals surface area contributed by atoms with Crippen LogP contribution in [0.4, 0.5) is 0 Å². The number of hydrogen-bond acceptors (Lipinski definition) is 3. The molecule has 0 unspecified atom stereocenters. The third kappa shape index (κ3) is 6.20. The van der Waals surface area contributed by atoms with Crippen LogP contribution in [-0.2, 0) is 22.4 Å². The number of amides is 1. The highest BCUT2D eigenvalue weighted by atomic mass is 127. The first-order valence-corrected chi connectivity index (χ1v) is 12.2. The predicted molar refractivity (Wildman–Crippen MR) is 144 cm³/mol. The van der Waals surface area contributed by atoms with Crippen molar-refractivity contribution in [2.24, 2.45) is 10.9 Å². The van der Waals surface area contributed by atoms with Gasteiger partial charge in [-0.15, -0.1) is 24.0 Å². The number of guanidine groups is 1. The molecule has 1 aromatic heterocycles. The molecule has 0 spiro atoms. The second kappa shape index (κ2) is 12.6. The number of carbonyl (C=O) groups is 1. The molecule has 2 fully saturated rings. The SMILES string of the molecule is CCNC(=NCCc1c[nH]c2c(CC)cccc12)N1CCC(C(=O)N2CCOCC2)CC1.I. The number of morpholine rings is 1. The van der Waals surface area contributed by atoms with Crippen LogP contribution < -0.4 is 5.32 Å². The van der Waals surface area contributed by atoms with Gasteiger partial charge in [-0.3, -0.25) is 9.79 Å². The standard InChI is InChI=1S/C25H37N5O2.HI/c1-3-19-6-5-7-22-21(18-28-23(19)22)8-11-27-25(26-4-2)30-12-9-20(10-13-30)24(31)29-14-16-32-17-15-29;/h5-7,18,20,28H,3-4,8-17H2,1-2H3,(H,26,27);1H. The van der Waals surface area contributed by atoms with Gasteiger partial charge in [0.15, 0.2) is 5.96 Å². The van der Waals surface area contributed by atoms with Crippen LogP contribution in [0.1, 0.15) is 37.8 Å². The normalized spacial score (nSPS) is 17.8. The fourth-order valence-corrected chi connectivity index (χ4v) is 4.86. The maximum atomic E-state index is 12.8. The first-order chi connectivity index (χ1) is 15.7. The van der Waals surface area contributed by atoms with Gasteiger partial charge in [-0.25, -0.2) is 0 Å². The summed E-state index contributed by atoms with van der Waals surface area (Å²) in [5.74, 6) is 1.41. The molecule has 3 heterocycles.